The summed E-state index contributed by atoms with van der Waals surface area (Å²) in [6.45, 7) is 1.27. The number of hydrogen-bond acceptors (Lipinski definition) is 4. The number of ether oxygens (including phenoxy) is 1. The summed E-state index contributed by atoms with van der Waals surface area (Å²) in [6, 6.07) is 12.8. The lowest BCUT2D eigenvalue weighted by Gasteiger charge is -2.14. The highest BCUT2D eigenvalue weighted by atomic mass is 35.5. The van der Waals surface area contributed by atoms with Crippen molar-refractivity contribution >= 4 is 28.6 Å². The molecule has 1 N–H and O–H groups in total. The van der Waals surface area contributed by atoms with Gasteiger partial charge in [0.1, 0.15) is 18.1 Å². The van der Waals surface area contributed by atoms with Gasteiger partial charge in [-0.05, 0) is 50.8 Å². The molecule has 0 saturated heterocycles. The molecular weight excluding hydrogens is 366 g/mol. The first-order valence-corrected chi connectivity index (χ1v) is 9.08. The average molecular weight is 388 g/mol. The van der Waals surface area contributed by atoms with Crippen LogP contribution in [-0.2, 0) is 11.3 Å². The van der Waals surface area contributed by atoms with E-state index in [1.807, 2.05) is 38.4 Å². The molecule has 3 rings (SSSR count). The quantitative estimate of drug-likeness (QED) is 0.596. The lowest BCUT2D eigenvalue weighted by molar-refractivity contribution is -0.137. The first kappa shape index (κ1) is 19.2. The monoisotopic (exact) mass is 387 g/mol. The Morgan fingerprint density at radius 3 is 2.78 bits per heavy atom. The molecule has 1 heterocycles. The fourth-order valence-corrected chi connectivity index (χ4v) is 3.11. The van der Waals surface area contributed by atoms with Crippen molar-refractivity contribution in [3.8, 4) is 17.1 Å². The molecule has 0 unspecified atom stereocenters. The van der Waals surface area contributed by atoms with E-state index < -0.39 is 5.97 Å². The molecule has 0 radical (unpaired) electrons. The third kappa shape index (κ3) is 4.59. The van der Waals surface area contributed by atoms with E-state index in [1.54, 1.807) is 22.8 Å². The van der Waals surface area contributed by atoms with Crippen LogP contribution in [0.5, 0.6) is 5.75 Å². The number of benzene rings is 2. The zero-order valence-corrected chi connectivity index (χ0v) is 16.1. The smallest absolute Gasteiger partial charge is 0.323 e. The van der Waals surface area contributed by atoms with Crippen molar-refractivity contribution in [2.75, 3.05) is 27.2 Å². The van der Waals surface area contributed by atoms with Crippen LogP contribution in [0.4, 0.5) is 0 Å². The van der Waals surface area contributed by atoms with Gasteiger partial charge in [0.25, 0.3) is 0 Å². The van der Waals surface area contributed by atoms with Gasteiger partial charge in [-0.25, -0.2) is 4.98 Å². The summed E-state index contributed by atoms with van der Waals surface area (Å²) >= 11 is 6.21. The minimum atomic E-state index is -0.935. The van der Waals surface area contributed by atoms with Gasteiger partial charge >= 0.3 is 5.97 Å². The van der Waals surface area contributed by atoms with Crippen LogP contribution < -0.4 is 4.74 Å². The maximum Gasteiger partial charge on any atom is 0.323 e. The minimum absolute atomic E-state index is 0.192. The largest absolute Gasteiger partial charge is 0.493 e. The zero-order valence-electron chi connectivity index (χ0n) is 15.4. The van der Waals surface area contributed by atoms with Gasteiger partial charge in [-0.15, -0.1) is 0 Å². The highest BCUT2D eigenvalue weighted by Crippen LogP contribution is 2.34. The molecule has 0 aliphatic rings. The Balaban J connectivity index is 2.02. The van der Waals surface area contributed by atoms with E-state index in [0.717, 1.165) is 24.0 Å². The van der Waals surface area contributed by atoms with Gasteiger partial charge in [0.2, 0.25) is 0 Å². The van der Waals surface area contributed by atoms with Crippen LogP contribution in [0.1, 0.15) is 6.42 Å². The molecule has 0 fully saturated rings. The van der Waals surface area contributed by atoms with Gasteiger partial charge in [0.15, 0.2) is 0 Å². The number of para-hydroxylation sites is 2. The lowest BCUT2D eigenvalue weighted by Crippen LogP contribution is -2.15. The molecule has 0 bridgehead atoms. The Morgan fingerprint density at radius 2 is 2.04 bits per heavy atom. The number of carboxylic acid groups (broad SMARTS) is 1. The van der Waals surface area contributed by atoms with Gasteiger partial charge in [0.05, 0.1) is 23.2 Å². The van der Waals surface area contributed by atoms with Crippen molar-refractivity contribution in [1.29, 1.82) is 0 Å². The molecule has 7 heteroatoms. The summed E-state index contributed by atoms with van der Waals surface area (Å²) in [5, 5.41) is 9.90. The maximum absolute atomic E-state index is 11.4. The van der Waals surface area contributed by atoms with Gasteiger partial charge < -0.3 is 19.3 Å². The van der Waals surface area contributed by atoms with Crippen LogP contribution in [0.15, 0.2) is 42.5 Å². The number of carbonyl (C=O) groups is 1. The topological polar surface area (TPSA) is 67.6 Å². The molecule has 0 amide bonds. The molecule has 27 heavy (non-hydrogen) atoms. The van der Waals surface area contributed by atoms with E-state index in [2.05, 4.69) is 9.88 Å². The predicted octanol–water partition coefficient (Wildman–Crippen LogP) is 3.77. The summed E-state index contributed by atoms with van der Waals surface area (Å²) in [5.74, 6) is 0.235. The standard InChI is InChI=1S/C20H22ClN3O3/c1-23(2)10-5-11-27-18-9-8-14(21)12-15(18)20-22-16-6-3-4-7-17(16)24(20)13-19(25)26/h3-4,6-9,12H,5,10-11,13H2,1-2H3,(H,25,26). The van der Waals surface area contributed by atoms with Crippen LogP contribution in [-0.4, -0.2) is 52.8 Å². The molecule has 0 aliphatic carbocycles. The Bertz CT molecular complexity index is 953. The van der Waals surface area contributed by atoms with Crippen molar-refractivity contribution in [1.82, 2.24) is 14.5 Å². The summed E-state index contributed by atoms with van der Waals surface area (Å²) in [7, 11) is 4.03. The SMILES string of the molecule is CN(C)CCCOc1ccc(Cl)cc1-c1nc2ccccc2n1CC(=O)O. The predicted molar refractivity (Wildman–Crippen MR) is 106 cm³/mol. The second-order valence-electron chi connectivity index (χ2n) is 6.55. The van der Waals surface area contributed by atoms with E-state index in [0.29, 0.717) is 28.8 Å². The number of hydrogen-bond donors (Lipinski definition) is 1. The Morgan fingerprint density at radius 1 is 1.26 bits per heavy atom. The van der Waals surface area contributed by atoms with Crippen molar-refractivity contribution in [2.45, 2.75) is 13.0 Å². The maximum atomic E-state index is 11.4. The number of aromatic nitrogens is 2. The number of rotatable bonds is 8. The molecule has 0 spiro atoms. The summed E-state index contributed by atoms with van der Waals surface area (Å²) in [6.07, 6.45) is 0.876. The van der Waals surface area contributed by atoms with Crippen molar-refractivity contribution in [3.05, 3.63) is 47.5 Å². The van der Waals surface area contributed by atoms with Crippen LogP contribution >= 0.6 is 11.6 Å². The fourth-order valence-electron chi connectivity index (χ4n) is 2.94. The summed E-state index contributed by atoms with van der Waals surface area (Å²) in [4.78, 5) is 18.2. The number of aliphatic carboxylic acids is 1. The molecule has 3 aromatic rings. The Hall–Kier alpha value is -2.57. The van der Waals surface area contributed by atoms with E-state index in [1.165, 1.54) is 0 Å². The molecule has 142 valence electrons. The average Bonchev–Trinajstić information content (AvgIpc) is 2.97. The molecular formula is C20H22ClN3O3. The molecule has 0 aliphatic heterocycles. The molecule has 1 aromatic heterocycles. The minimum Gasteiger partial charge on any atom is -0.493 e. The Kier molecular flexibility index (Phi) is 5.98. The molecule has 2 aromatic carbocycles. The van der Waals surface area contributed by atoms with Crippen LogP contribution in [0.25, 0.3) is 22.4 Å². The number of nitrogens with zero attached hydrogens (tertiary/aromatic N) is 3. The third-order valence-electron chi connectivity index (χ3n) is 4.14. The summed E-state index contributed by atoms with van der Waals surface area (Å²) < 4.78 is 7.64. The Labute approximate surface area is 162 Å². The first-order chi connectivity index (χ1) is 13.0. The number of imidazole rings is 1. The first-order valence-electron chi connectivity index (χ1n) is 8.70. The second kappa shape index (κ2) is 8.41. The fraction of sp³-hybridized carbons (Fsp3) is 0.300. The normalized spacial score (nSPS) is 11.3. The van der Waals surface area contributed by atoms with Gasteiger partial charge in [0, 0.05) is 11.6 Å². The highest BCUT2D eigenvalue weighted by molar-refractivity contribution is 6.31. The number of carboxylic acids is 1. The lowest BCUT2D eigenvalue weighted by atomic mass is 10.2. The number of fused-ring (bicyclic) bond motifs is 1. The van der Waals surface area contributed by atoms with Crippen molar-refractivity contribution in [2.24, 2.45) is 0 Å². The van der Waals surface area contributed by atoms with Crippen molar-refractivity contribution in [3.63, 3.8) is 0 Å². The van der Waals surface area contributed by atoms with Crippen LogP contribution in [0, 0.1) is 0 Å². The number of halogens is 1. The molecule has 6 nitrogen and oxygen atoms in total. The van der Waals surface area contributed by atoms with Crippen LogP contribution in [0.2, 0.25) is 5.02 Å². The molecule has 0 atom stereocenters. The van der Waals surface area contributed by atoms with E-state index >= 15 is 0 Å². The van der Waals surface area contributed by atoms with Gasteiger partial charge in [-0.3, -0.25) is 4.79 Å². The highest BCUT2D eigenvalue weighted by Gasteiger charge is 2.18. The third-order valence-corrected chi connectivity index (χ3v) is 4.37. The second-order valence-corrected chi connectivity index (χ2v) is 6.99. The molecule has 0 saturated carbocycles. The zero-order chi connectivity index (χ0) is 19.4. The summed E-state index contributed by atoms with van der Waals surface area (Å²) in [5.41, 5.74) is 2.17. The van der Waals surface area contributed by atoms with Crippen molar-refractivity contribution < 1.29 is 14.6 Å². The van der Waals surface area contributed by atoms with E-state index in [9.17, 15) is 9.90 Å². The van der Waals surface area contributed by atoms with E-state index in [-0.39, 0.29) is 6.54 Å². The van der Waals surface area contributed by atoms with Gasteiger partial charge in [-0.2, -0.15) is 0 Å². The van der Waals surface area contributed by atoms with E-state index in [4.69, 9.17) is 16.3 Å². The van der Waals surface area contributed by atoms with Crippen LogP contribution in [0.3, 0.4) is 0 Å². The van der Waals surface area contributed by atoms with Gasteiger partial charge in [-0.1, -0.05) is 23.7 Å².